The first-order chi connectivity index (χ1) is 11.9. The lowest BCUT2D eigenvalue weighted by atomic mass is 10.1. The highest BCUT2D eigenvalue weighted by Crippen LogP contribution is 2.24. The number of hydrogen-bond donors (Lipinski definition) is 1. The molecule has 6 nitrogen and oxygen atoms in total. The first-order valence-electron chi connectivity index (χ1n) is 8.29. The van der Waals surface area contributed by atoms with E-state index in [4.69, 9.17) is 4.42 Å². The lowest BCUT2D eigenvalue weighted by Crippen LogP contribution is -2.46. The highest BCUT2D eigenvalue weighted by Gasteiger charge is 2.31. The molecule has 1 saturated heterocycles. The quantitative estimate of drug-likeness (QED) is 0.906. The molecule has 2 aromatic rings. The summed E-state index contributed by atoms with van der Waals surface area (Å²) in [4.78, 5) is 12.4. The van der Waals surface area contributed by atoms with Crippen molar-refractivity contribution in [3.8, 4) is 0 Å². The number of piperidine rings is 1. The van der Waals surface area contributed by atoms with Gasteiger partial charge in [0.2, 0.25) is 10.0 Å². The molecule has 134 valence electrons. The van der Waals surface area contributed by atoms with E-state index in [2.05, 4.69) is 5.32 Å². The Morgan fingerprint density at radius 1 is 1.20 bits per heavy atom. The molecule has 0 aliphatic carbocycles. The maximum absolute atomic E-state index is 12.9. The molecular weight excluding hydrogens is 340 g/mol. The first-order valence-corrected chi connectivity index (χ1v) is 9.74. The van der Waals surface area contributed by atoms with Gasteiger partial charge in [-0.1, -0.05) is 12.1 Å². The summed E-state index contributed by atoms with van der Waals surface area (Å²) in [6.07, 6.45) is 2.61. The zero-order chi connectivity index (χ0) is 18.0. The van der Waals surface area contributed by atoms with Gasteiger partial charge < -0.3 is 9.73 Å². The number of furan rings is 1. The van der Waals surface area contributed by atoms with E-state index < -0.39 is 10.0 Å². The number of carbonyl (C=O) groups is 1. The zero-order valence-electron chi connectivity index (χ0n) is 14.4. The summed E-state index contributed by atoms with van der Waals surface area (Å²) in [5.41, 5.74) is 1.67. The number of nitrogens with zero attached hydrogens (tertiary/aromatic N) is 1. The van der Waals surface area contributed by atoms with E-state index in [0.29, 0.717) is 30.8 Å². The fourth-order valence-electron chi connectivity index (χ4n) is 3.03. The maximum atomic E-state index is 12.9. The Labute approximate surface area is 147 Å². The molecule has 1 amide bonds. The van der Waals surface area contributed by atoms with Gasteiger partial charge in [0.05, 0.1) is 11.2 Å². The highest BCUT2D eigenvalue weighted by molar-refractivity contribution is 7.89. The van der Waals surface area contributed by atoms with E-state index >= 15 is 0 Å². The third kappa shape index (κ3) is 3.77. The zero-order valence-corrected chi connectivity index (χ0v) is 15.2. The van der Waals surface area contributed by atoms with Gasteiger partial charge in [0, 0.05) is 19.1 Å². The van der Waals surface area contributed by atoms with Crippen LogP contribution in [0.5, 0.6) is 0 Å². The molecule has 0 bridgehead atoms. The van der Waals surface area contributed by atoms with Crippen LogP contribution >= 0.6 is 0 Å². The van der Waals surface area contributed by atoms with Crippen molar-refractivity contribution in [3.05, 3.63) is 53.5 Å². The van der Waals surface area contributed by atoms with Gasteiger partial charge in [-0.25, -0.2) is 8.42 Å². The number of hydrogen-bond acceptors (Lipinski definition) is 4. The SMILES string of the molecule is Cc1ccc(C)c(S(=O)(=O)N2CCC(NC(=O)c3ccco3)CC2)c1. The van der Waals surface area contributed by atoms with Crippen LogP contribution in [0.25, 0.3) is 0 Å². The largest absolute Gasteiger partial charge is 0.459 e. The molecule has 1 aliphatic rings. The molecule has 3 rings (SSSR count). The molecule has 1 aromatic heterocycles. The van der Waals surface area contributed by atoms with Crippen LogP contribution in [0.2, 0.25) is 0 Å². The Kier molecular flexibility index (Phi) is 4.96. The third-order valence-electron chi connectivity index (χ3n) is 4.50. The average Bonchev–Trinajstić information content (AvgIpc) is 3.12. The molecule has 0 unspecified atom stereocenters. The normalized spacial score (nSPS) is 16.7. The monoisotopic (exact) mass is 362 g/mol. The van der Waals surface area contributed by atoms with E-state index in [1.165, 1.54) is 10.6 Å². The second kappa shape index (κ2) is 7.01. The minimum atomic E-state index is -3.51. The van der Waals surface area contributed by atoms with Crippen molar-refractivity contribution in [3.63, 3.8) is 0 Å². The maximum Gasteiger partial charge on any atom is 0.287 e. The van der Waals surface area contributed by atoms with Crippen molar-refractivity contribution in [1.82, 2.24) is 9.62 Å². The molecule has 0 spiro atoms. The van der Waals surface area contributed by atoms with Gasteiger partial charge in [0.25, 0.3) is 5.91 Å². The van der Waals surface area contributed by atoms with E-state index in [-0.39, 0.29) is 17.7 Å². The van der Waals surface area contributed by atoms with Crippen molar-refractivity contribution in [2.24, 2.45) is 0 Å². The van der Waals surface area contributed by atoms with E-state index in [1.807, 2.05) is 26.0 Å². The number of rotatable bonds is 4. The van der Waals surface area contributed by atoms with Gasteiger partial charge in [0.1, 0.15) is 0 Å². The molecule has 1 N–H and O–H groups in total. The number of amides is 1. The van der Waals surface area contributed by atoms with Crippen LogP contribution in [0.3, 0.4) is 0 Å². The van der Waals surface area contributed by atoms with Crippen molar-refractivity contribution < 1.29 is 17.6 Å². The minimum Gasteiger partial charge on any atom is -0.459 e. The van der Waals surface area contributed by atoms with Crippen LogP contribution in [0.4, 0.5) is 0 Å². The molecule has 0 atom stereocenters. The summed E-state index contributed by atoms with van der Waals surface area (Å²) in [6.45, 7) is 4.47. The van der Waals surface area contributed by atoms with E-state index in [9.17, 15) is 13.2 Å². The minimum absolute atomic E-state index is 0.0531. The Morgan fingerprint density at radius 2 is 1.92 bits per heavy atom. The van der Waals surface area contributed by atoms with E-state index in [0.717, 1.165) is 11.1 Å². The Morgan fingerprint density at radius 3 is 2.56 bits per heavy atom. The van der Waals surface area contributed by atoms with E-state index in [1.54, 1.807) is 18.2 Å². The molecule has 25 heavy (non-hydrogen) atoms. The second-order valence-electron chi connectivity index (χ2n) is 6.40. The third-order valence-corrected chi connectivity index (χ3v) is 6.54. The molecule has 1 aromatic carbocycles. The molecule has 1 aliphatic heterocycles. The van der Waals surface area contributed by atoms with Crippen molar-refractivity contribution >= 4 is 15.9 Å². The summed E-state index contributed by atoms with van der Waals surface area (Å²) >= 11 is 0. The summed E-state index contributed by atoms with van der Waals surface area (Å²) in [6, 6.07) is 8.67. The Hall–Kier alpha value is -2.12. The predicted octanol–water partition coefficient (Wildman–Crippen LogP) is 2.48. The van der Waals surface area contributed by atoms with Gasteiger partial charge in [-0.05, 0) is 56.0 Å². The summed E-state index contributed by atoms with van der Waals surface area (Å²) in [5.74, 6) is 0.00581. The summed E-state index contributed by atoms with van der Waals surface area (Å²) in [7, 11) is -3.51. The van der Waals surface area contributed by atoms with Crippen LogP contribution in [-0.2, 0) is 10.0 Å². The fraction of sp³-hybridized carbons (Fsp3) is 0.389. The van der Waals surface area contributed by atoms with Gasteiger partial charge in [-0.15, -0.1) is 0 Å². The van der Waals surface area contributed by atoms with Gasteiger partial charge in [-0.2, -0.15) is 4.31 Å². The van der Waals surface area contributed by atoms with Crippen LogP contribution < -0.4 is 5.32 Å². The molecule has 2 heterocycles. The van der Waals surface area contributed by atoms with Gasteiger partial charge in [0.15, 0.2) is 5.76 Å². The number of aryl methyl sites for hydroxylation is 2. The van der Waals surface area contributed by atoms with Crippen molar-refractivity contribution in [2.45, 2.75) is 37.6 Å². The van der Waals surface area contributed by atoms with Gasteiger partial charge >= 0.3 is 0 Å². The van der Waals surface area contributed by atoms with Crippen LogP contribution in [0.1, 0.15) is 34.5 Å². The number of carbonyl (C=O) groups excluding carboxylic acids is 1. The molecule has 1 fully saturated rings. The lowest BCUT2D eigenvalue weighted by Gasteiger charge is -2.31. The number of nitrogens with one attached hydrogen (secondary N) is 1. The molecule has 0 saturated carbocycles. The van der Waals surface area contributed by atoms with Crippen LogP contribution in [-0.4, -0.2) is 37.8 Å². The summed E-state index contributed by atoms with van der Waals surface area (Å²) < 4.78 is 32.4. The molecule has 0 radical (unpaired) electrons. The summed E-state index contributed by atoms with van der Waals surface area (Å²) in [5, 5.41) is 2.90. The molecule has 7 heteroatoms. The standard InChI is InChI=1S/C18H22N2O4S/c1-13-5-6-14(2)17(12-13)25(22,23)20-9-7-15(8-10-20)19-18(21)16-4-3-11-24-16/h3-6,11-12,15H,7-10H2,1-2H3,(H,19,21). The van der Waals surface area contributed by atoms with Crippen LogP contribution in [0, 0.1) is 13.8 Å². The Balaban J connectivity index is 1.65. The fourth-order valence-corrected chi connectivity index (χ4v) is 4.81. The number of benzene rings is 1. The smallest absolute Gasteiger partial charge is 0.287 e. The molecular formula is C18H22N2O4S. The van der Waals surface area contributed by atoms with Crippen molar-refractivity contribution in [2.75, 3.05) is 13.1 Å². The lowest BCUT2D eigenvalue weighted by molar-refractivity contribution is 0.0895. The van der Waals surface area contributed by atoms with Crippen molar-refractivity contribution in [1.29, 1.82) is 0 Å². The number of sulfonamides is 1. The topological polar surface area (TPSA) is 79.6 Å². The highest BCUT2D eigenvalue weighted by atomic mass is 32.2. The second-order valence-corrected chi connectivity index (χ2v) is 8.30. The van der Waals surface area contributed by atoms with Gasteiger partial charge in [-0.3, -0.25) is 4.79 Å². The Bertz CT molecular complexity index is 851. The average molecular weight is 362 g/mol. The predicted molar refractivity (Wildman–Crippen MR) is 93.9 cm³/mol. The first kappa shape index (κ1) is 17.7. The van der Waals surface area contributed by atoms with Crippen LogP contribution in [0.15, 0.2) is 45.9 Å².